The molecule has 3 aromatic rings. The van der Waals surface area contributed by atoms with Crippen LogP contribution in [-0.2, 0) is 16.0 Å². The van der Waals surface area contributed by atoms with Gasteiger partial charge in [-0.2, -0.15) is 0 Å². The molecule has 3 rings (SSSR count). The minimum atomic E-state index is -0.254. The van der Waals surface area contributed by atoms with Crippen molar-refractivity contribution in [1.29, 1.82) is 0 Å². The number of nitrogens with one attached hydrogen (secondary N) is 1. The minimum absolute atomic E-state index is 0.172. The van der Waals surface area contributed by atoms with Gasteiger partial charge in [0.2, 0.25) is 0 Å². The number of halogens is 2. The molecule has 2 aromatic carbocycles. The van der Waals surface area contributed by atoms with Crippen molar-refractivity contribution in [3.63, 3.8) is 0 Å². The Morgan fingerprint density at radius 3 is 2.76 bits per heavy atom. The summed E-state index contributed by atoms with van der Waals surface area (Å²) in [7, 11) is 0. The fraction of sp³-hybridized carbons (Fsp3) is 0.211. The molecular formula is C19H17Cl2NO3. The predicted octanol–water partition coefficient (Wildman–Crippen LogP) is 5.03. The van der Waals surface area contributed by atoms with Crippen LogP contribution < -0.4 is 4.74 Å². The zero-order valence-electron chi connectivity index (χ0n) is 13.4. The van der Waals surface area contributed by atoms with Gasteiger partial charge in [0.15, 0.2) is 0 Å². The number of ether oxygens (including phenoxy) is 2. The van der Waals surface area contributed by atoms with E-state index in [1.807, 2.05) is 30.5 Å². The van der Waals surface area contributed by atoms with Crippen molar-refractivity contribution in [3.8, 4) is 5.75 Å². The lowest BCUT2D eigenvalue weighted by atomic mass is 10.1. The number of fused-ring (bicyclic) bond motifs is 1. The first kappa shape index (κ1) is 17.6. The number of aromatic nitrogens is 1. The monoisotopic (exact) mass is 377 g/mol. The summed E-state index contributed by atoms with van der Waals surface area (Å²) in [5.74, 6) is 0.261. The standard InChI is InChI=1S/C19H17Cl2NO3/c20-14-6-7-18(16(21)11-14)24-9-10-25-19(23)8-5-13-12-22-17-4-2-1-3-15(13)17/h1-4,6-7,11-12,22H,5,8-10H2. The molecule has 6 heteroatoms. The van der Waals surface area contributed by atoms with Gasteiger partial charge in [-0.3, -0.25) is 4.79 Å². The number of aryl methyl sites for hydroxylation is 1. The van der Waals surface area contributed by atoms with Crippen molar-refractivity contribution in [2.24, 2.45) is 0 Å². The van der Waals surface area contributed by atoms with Crippen LogP contribution in [0.25, 0.3) is 10.9 Å². The van der Waals surface area contributed by atoms with Gasteiger partial charge in [-0.15, -0.1) is 0 Å². The zero-order valence-corrected chi connectivity index (χ0v) is 14.9. The maximum atomic E-state index is 11.9. The summed E-state index contributed by atoms with van der Waals surface area (Å²) >= 11 is 11.8. The fourth-order valence-corrected chi connectivity index (χ4v) is 3.01. The van der Waals surface area contributed by atoms with Gasteiger partial charge < -0.3 is 14.5 Å². The Morgan fingerprint density at radius 2 is 1.92 bits per heavy atom. The van der Waals surface area contributed by atoms with Gasteiger partial charge in [-0.25, -0.2) is 0 Å². The maximum absolute atomic E-state index is 11.9. The lowest BCUT2D eigenvalue weighted by Crippen LogP contribution is -2.12. The van der Waals surface area contributed by atoms with Gasteiger partial charge in [-0.1, -0.05) is 41.4 Å². The first-order valence-electron chi connectivity index (χ1n) is 7.92. The molecule has 0 bridgehead atoms. The molecule has 0 aliphatic carbocycles. The number of esters is 1. The van der Waals surface area contributed by atoms with E-state index in [1.165, 1.54) is 0 Å². The number of hydrogen-bond acceptors (Lipinski definition) is 3. The van der Waals surface area contributed by atoms with E-state index in [0.717, 1.165) is 16.5 Å². The number of aromatic amines is 1. The van der Waals surface area contributed by atoms with Crippen molar-refractivity contribution < 1.29 is 14.3 Å². The summed E-state index contributed by atoms with van der Waals surface area (Å²) in [6.45, 7) is 0.409. The van der Waals surface area contributed by atoms with E-state index in [0.29, 0.717) is 28.6 Å². The number of hydrogen-bond donors (Lipinski definition) is 1. The van der Waals surface area contributed by atoms with Crippen LogP contribution in [0.4, 0.5) is 0 Å². The summed E-state index contributed by atoms with van der Waals surface area (Å²) < 4.78 is 10.7. The Hall–Kier alpha value is -2.17. The molecule has 0 spiro atoms. The average molecular weight is 378 g/mol. The molecule has 0 fully saturated rings. The van der Waals surface area contributed by atoms with Gasteiger partial charge in [0, 0.05) is 28.5 Å². The van der Waals surface area contributed by atoms with E-state index in [2.05, 4.69) is 4.98 Å². The predicted molar refractivity (Wildman–Crippen MR) is 99.5 cm³/mol. The van der Waals surface area contributed by atoms with Gasteiger partial charge in [0.1, 0.15) is 19.0 Å². The second-order valence-electron chi connectivity index (χ2n) is 5.50. The van der Waals surface area contributed by atoms with E-state index >= 15 is 0 Å². The molecule has 25 heavy (non-hydrogen) atoms. The molecule has 1 heterocycles. The highest BCUT2D eigenvalue weighted by atomic mass is 35.5. The smallest absolute Gasteiger partial charge is 0.306 e. The van der Waals surface area contributed by atoms with Crippen LogP contribution in [0.1, 0.15) is 12.0 Å². The molecule has 0 atom stereocenters. The highest BCUT2D eigenvalue weighted by Crippen LogP contribution is 2.27. The van der Waals surface area contributed by atoms with E-state index in [1.54, 1.807) is 18.2 Å². The largest absolute Gasteiger partial charge is 0.488 e. The summed E-state index contributed by atoms with van der Waals surface area (Å²) in [5.41, 5.74) is 2.18. The Bertz CT molecular complexity index is 876. The lowest BCUT2D eigenvalue weighted by molar-refractivity contribution is -0.144. The van der Waals surface area contributed by atoms with Crippen LogP contribution in [0.2, 0.25) is 10.0 Å². The summed E-state index contributed by atoms with van der Waals surface area (Å²) in [4.78, 5) is 15.1. The third kappa shape index (κ3) is 4.68. The van der Waals surface area contributed by atoms with Crippen LogP contribution in [0.5, 0.6) is 5.75 Å². The third-order valence-electron chi connectivity index (χ3n) is 3.77. The Morgan fingerprint density at radius 1 is 1.08 bits per heavy atom. The van der Waals surface area contributed by atoms with E-state index < -0.39 is 0 Å². The molecule has 0 unspecified atom stereocenters. The molecule has 0 radical (unpaired) electrons. The molecular weight excluding hydrogens is 361 g/mol. The molecule has 0 aliphatic heterocycles. The molecule has 0 aliphatic rings. The molecule has 0 saturated heterocycles. The summed E-state index contributed by atoms with van der Waals surface area (Å²) in [6.07, 6.45) is 2.89. The normalized spacial score (nSPS) is 10.8. The molecule has 0 saturated carbocycles. The summed E-state index contributed by atoms with van der Waals surface area (Å²) in [5, 5.41) is 2.11. The number of para-hydroxylation sites is 1. The Balaban J connectivity index is 1.41. The van der Waals surface area contributed by atoms with Crippen molar-refractivity contribution in [3.05, 3.63) is 64.3 Å². The second-order valence-corrected chi connectivity index (χ2v) is 6.35. The number of carbonyl (C=O) groups excluding carboxylic acids is 1. The quantitative estimate of drug-likeness (QED) is 0.464. The SMILES string of the molecule is O=C(CCc1c[nH]c2ccccc12)OCCOc1ccc(Cl)cc1Cl. The molecule has 4 nitrogen and oxygen atoms in total. The molecule has 130 valence electrons. The molecule has 1 N–H and O–H groups in total. The third-order valence-corrected chi connectivity index (χ3v) is 4.30. The average Bonchev–Trinajstić information content (AvgIpc) is 3.01. The van der Waals surface area contributed by atoms with Gasteiger partial charge in [-0.05, 0) is 36.2 Å². The van der Waals surface area contributed by atoms with Crippen LogP contribution in [0.3, 0.4) is 0 Å². The van der Waals surface area contributed by atoms with Gasteiger partial charge in [0.05, 0.1) is 5.02 Å². The molecule has 0 amide bonds. The van der Waals surface area contributed by atoms with E-state index in [-0.39, 0.29) is 19.2 Å². The van der Waals surface area contributed by atoms with Crippen molar-refractivity contribution >= 4 is 40.1 Å². The molecule has 1 aromatic heterocycles. The van der Waals surface area contributed by atoms with Crippen LogP contribution in [0.15, 0.2) is 48.7 Å². The zero-order chi connectivity index (χ0) is 17.6. The van der Waals surface area contributed by atoms with Crippen molar-refractivity contribution in [1.82, 2.24) is 4.98 Å². The Kier molecular flexibility index (Phi) is 5.84. The van der Waals surface area contributed by atoms with Gasteiger partial charge in [0.25, 0.3) is 0 Å². The van der Waals surface area contributed by atoms with Gasteiger partial charge >= 0.3 is 5.97 Å². The maximum Gasteiger partial charge on any atom is 0.306 e. The van der Waals surface area contributed by atoms with Crippen LogP contribution >= 0.6 is 23.2 Å². The number of rotatable bonds is 7. The van der Waals surface area contributed by atoms with E-state index in [4.69, 9.17) is 32.7 Å². The summed E-state index contributed by atoms with van der Waals surface area (Å²) in [6, 6.07) is 13.0. The van der Waals surface area contributed by atoms with Crippen LogP contribution in [-0.4, -0.2) is 24.2 Å². The van der Waals surface area contributed by atoms with Crippen molar-refractivity contribution in [2.45, 2.75) is 12.8 Å². The highest BCUT2D eigenvalue weighted by molar-refractivity contribution is 6.35. The Labute approximate surface area is 155 Å². The van der Waals surface area contributed by atoms with Crippen molar-refractivity contribution in [2.75, 3.05) is 13.2 Å². The number of benzene rings is 2. The van der Waals surface area contributed by atoms with Crippen LogP contribution in [0, 0.1) is 0 Å². The van der Waals surface area contributed by atoms with E-state index in [9.17, 15) is 4.79 Å². The second kappa shape index (κ2) is 8.28. The topological polar surface area (TPSA) is 51.3 Å². The minimum Gasteiger partial charge on any atom is -0.488 e. The lowest BCUT2D eigenvalue weighted by Gasteiger charge is -2.09. The number of carbonyl (C=O) groups is 1. The first-order valence-corrected chi connectivity index (χ1v) is 8.67. The number of H-pyrrole nitrogens is 1. The highest BCUT2D eigenvalue weighted by Gasteiger charge is 2.08. The first-order chi connectivity index (χ1) is 12.1. The fourth-order valence-electron chi connectivity index (χ4n) is 2.55.